The summed E-state index contributed by atoms with van der Waals surface area (Å²) in [5, 5.41) is 4.60. The molecule has 1 aromatic carbocycles. The number of benzene rings is 1. The Labute approximate surface area is 191 Å². The Morgan fingerprint density at radius 2 is 2.12 bits per heavy atom. The van der Waals surface area contributed by atoms with Crippen molar-refractivity contribution >= 4 is 45.2 Å². The van der Waals surface area contributed by atoms with Gasteiger partial charge in [0.2, 0.25) is 5.91 Å². The molecule has 5 rings (SSSR count). The number of aliphatic imine (C=N–C) groups is 1. The van der Waals surface area contributed by atoms with Crippen molar-refractivity contribution in [3.05, 3.63) is 40.0 Å². The van der Waals surface area contributed by atoms with Crippen molar-refractivity contribution in [3.63, 3.8) is 0 Å². The number of thiophene rings is 1. The summed E-state index contributed by atoms with van der Waals surface area (Å²) in [7, 11) is 3.66. The lowest BCUT2D eigenvalue weighted by molar-refractivity contribution is -0.133. The Morgan fingerprint density at radius 3 is 2.91 bits per heavy atom. The Balaban J connectivity index is 1.53. The largest absolute Gasteiger partial charge is 0.489 e. The first-order valence-corrected chi connectivity index (χ1v) is 11.8. The van der Waals surface area contributed by atoms with Crippen LogP contribution in [0.25, 0.3) is 10.2 Å². The molecule has 1 aliphatic heterocycles. The molecule has 0 fully saturated rings. The molecule has 0 saturated heterocycles. The maximum absolute atomic E-state index is 12.5. The molecule has 2 aliphatic rings. The third-order valence-electron chi connectivity index (χ3n) is 5.98. The number of fused-ring (bicyclic) bond motifs is 4. The molecule has 0 radical (unpaired) electrons. The number of amides is 1. The van der Waals surface area contributed by atoms with Gasteiger partial charge in [-0.3, -0.25) is 9.79 Å². The number of carbonyl (C=O) groups excluding carboxylic acids is 1. The van der Waals surface area contributed by atoms with E-state index >= 15 is 0 Å². The van der Waals surface area contributed by atoms with E-state index in [0.29, 0.717) is 6.54 Å². The van der Waals surface area contributed by atoms with E-state index in [1.165, 1.54) is 16.0 Å². The van der Waals surface area contributed by atoms with E-state index in [4.69, 9.17) is 4.74 Å². The van der Waals surface area contributed by atoms with Crippen molar-refractivity contribution in [1.29, 1.82) is 0 Å². The minimum atomic E-state index is 0.0389. The second-order valence-electron chi connectivity index (χ2n) is 8.89. The first-order valence-electron chi connectivity index (χ1n) is 11.0. The smallest absolute Gasteiger partial charge is 0.225 e. The number of nitrogens with one attached hydrogen (secondary N) is 1. The average Bonchev–Trinajstić information content (AvgIpc) is 3.36. The van der Waals surface area contributed by atoms with Gasteiger partial charge in [0, 0.05) is 31.1 Å². The van der Waals surface area contributed by atoms with Gasteiger partial charge in [0.15, 0.2) is 0 Å². The zero-order valence-corrected chi connectivity index (χ0v) is 19.6. The number of carbonyl (C=O) groups is 1. The fourth-order valence-electron chi connectivity index (χ4n) is 4.50. The van der Waals surface area contributed by atoms with E-state index in [1.54, 1.807) is 22.6 Å². The molecule has 8 heteroatoms. The second kappa shape index (κ2) is 8.16. The molecular weight excluding hydrogens is 422 g/mol. The summed E-state index contributed by atoms with van der Waals surface area (Å²) < 4.78 is 6.11. The van der Waals surface area contributed by atoms with Crippen LogP contribution in [0.1, 0.15) is 41.8 Å². The zero-order valence-electron chi connectivity index (χ0n) is 18.8. The van der Waals surface area contributed by atoms with Crippen molar-refractivity contribution < 1.29 is 9.53 Å². The lowest BCUT2D eigenvalue weighted by Gasteiger charge is -2.24. The normalized spacial score (nSPS) is 16.8. The highest BCUT2D eigenvalue weighted by Crippen LogP contribution is 2.42. The van der Waals surface area contributed by atoms with E-state index in [2.05, 4.69) is 32.4 Å². The molecule has 3 heterocycles. The lowest BCUT2D eigenvalue weighted by atomic mass is 9.87. The molecule has 32 heavy (non-hydrogen) atoms. The third kappa shape index (κ3) is 3.72. The highest BCUT2D eigenvalue weighted by atomic mass is 32.1. The second-order valence-corrected chi connectivity index (χ2v) is 9.97. The predicted octanol–water partition coefficient (Wildman–Crippen LogP) is 4.35. The molecule has 0 bridgehead atoms. The van der Waals surface area contributed by atoms with Gasteiger partial charge in [-0.05, 0) is 61.9 Å². The Bertz CT molecular complexity index is 1230. The standard InChI is InChI=1S/C24H27N5O2S/c1-13(2)31-19-8-16-11-25-10-15(16)7-18(19)28-22-21-17-6-5-14(24(30)29(3)4)9-20(17)32-23(21)27-12-26-22/h7-8,10,12-14H,5-6,9,11H2,1-4H3,(H,26,27,28). The Kier molecular flexibility index (Phi) is 5.33. The van der Waals surface area contributed by atoms with E-state index in [9.17, 15) is 4.79 Å². The van der Waals surface area contributed by atoms with Crippen LogP contribution in [-0.2, 0) is 24.2 Å². The molecule has 1 atom stereocenters. The van der Waals surface area contributed by atoms with Crippen molar-refractivity contribution in [1.82, 2.24) is 14.9 Å². The summed E-state index contributed by atoms with van der Waals surface area (Å²) >= 11 is 1.68. The summed E-state index contributed by atoms with van der Waals surface area (Å²) in [6, 6.07) is 4.16. The fourth-order valence-corrected chi connectivity index (χ4v) is 5.76. The number of hydrogen-bond acceptors (Lipinski definition) is 7. The molecule has 1 N–H and O–H groups in total. The van der Waals surface area contributed by atoms with Gasteiger partial charge < -0.3 is 15.0 Å². The van der Waals surface area contributed by atoms with Crippen LogP contribution in [0.2, 0.25) is 0 Å². The number of nitrogens with zero attached hydrogens (tertiary/aromatic N) is 4. The fraction of sp³-hybridized carbons (Fsp3) is 0.417. The molecule has 1 amide bonds. The zero-order chi connectivity index (χ0) is 22.4. The Morgan fingerprint density at radius 1 is 1.28 bits per heavy atom. The first-order chi connectivity index (χ1) is 15.4. The lowest BCUT2D eigenvalue weighted by Crippen LogP contribution is -2.32. The summed E-state index contributed by atoms with van der Waals surface area (Å²) in [5.74, 6) is 1.83. The number of aryl methyl sites for hydroxylation is 1. The van der Waals surface area contributed by atoms with Crippen LogP contribution in [0.4, 0.5) is 11.5 Å². The molecule has 3 aromatic rings. The van der Waals surface area contributed by atoms with E-state index in [1.807, 2.05) is 34.2 Å². The van der Waals surface area contributed by atoms with Crippen LogP contribution in [0.15, 0.2) is 23.5 Å². The molecule has 0 saturated carbocycles. The van der Waals surface area contributed by atoms with Gasteiger partial charge in [0.25, 0.3) is 0 Å². The van der Waals surface area contributed by atoms with Crippen LogP contribution in [0.5, 0.6) is 5.75 Å². The molecule has 7 nitrogen and oxygen atoms in total. The van der Waals surface area contributed by atoms with Crippen LogP contribution < -0.4 is 10.1 Å². The maximum atomic E-state index is 12.5. The highest BCUT2D eigenvalue weighted by molar-refractivity contribution is 7.19. The third-order valence-corrected chi connectivity index (χ3v) is 7.15. The van der Waals surface area contributed by atoms with Gasteiger partial charge in [-0.15, -0.1) is 11.3 Å². The molecule has 166 valence electrons. The summed E-state index contributed by atoms with van der Waals surface area (Å²) in [6.07, 6.45) is 6.04. The minimum absolute atomic E-state index is 0.0389. The minimum Gasteiger partial charge on any atom is -0.489 e. The van der Waals surface area contributed by atoms with Crippen LogP contribution >= 0.6 is 11.3 Å². The van der Waals surface area contributed by atoms with Gasteiger partial charge in [-0.25, -0.2) is 9.97 Å². The van der Waals surface area contributed by atoms with E-state index in [-0.39, 0.29) is 17.9 Å². The SMILES string of the molecule is CC(C)Oc1cc2c(cc1Nc1ncnc3sc4c(c13)CCC(C(=O)N(C)C)C4)C=NC2. The van der Waals surface area contributed by atoms with Crippen molar-refractivity contribution in [3.8, 4) is 5.75 Å². The van der Waals surface area contributed by atoms with Gasteiger partial charge in [0.05, 0.1) is 23.7 Å². The Hall–Kier alpha value is -3.00. The topological polar surface area (TPSA) is 79.7 Å². The van der Waals surface area contributed by atoms with Crippen molar-refractivity contribution in [2.75, 3.05) is 19.4 Å². The quantitative estimate of drug-likeness (QED) is 0.627. The number of hydrogen-bond donors (Lipinski definition) is 1. The molecule has 1 unspecified atom stereocenters. The van der Waals surface area contributed by atoms with Crippen LogP contribution in [0.3, 0.4) is 0 Å². The van der Waals surface area contributed by atoms with Crippen LogP contribution in [-0.4, -0.2) is 47.2 Å². The van der Waals surface area contributed by atoms with Gasteiger partial charge >= 0.3 is 0 Å². The monoisotopic (exact) mass is 449 g/mol. The number of aromatic nitrogens is 2. The van der Waals surface area contributed by atoms with Gasteiger partial charge in [-0.1, -0.05) is 0 Å². The van der Waals surface area contributed by atoms with Crippen molar-refractivity contribution in [2.45, 2.75) is 45.8 Å². The average molecular weight is 450 g/mol. The molecule has 2 aromatic heterocycles. The van der Waals surface area contributed by atoms with Gasteiger partial charge in [-0.2, -0.15) is 0 Å². The first kappa shape index (κ1) is 20.9. The number of ether oxygens (including phenoxy) is 1. The van der Waals surface area contributed by atoms with Crippen LogP contribution in [0, 0.1) is 5.92 Å². The molecular formula is C24H27N5O2S. The summed E-state index contributed by atoms with van der Waals surface area (Å²) in [4.78, 5) is 29.9. The number of anilines is 2. The predicted molar refractivity (Wildman–Crippen MR) is 128 cm³/mol. The summed E-state index contributed by atoms with van der Waals surface area (Å²) in [6.45, 7) is 4.74. The van der Waals surface area contributed by atoms with E-state index < -0.39 is 0 Å². The maximum Gasteiger partial charge on any atom is 0.225 e. The van der Waals surface area contributed by atoms with Crippen molar-refractivity contribution in [2.24, 2.45) is 10.9 Å². The van der Waals surface area contributed by atoms with Gasteiger partial charge in [0.1, 0.15) is 22.7 Å². The molecule has 0 spiro atoms. The van der Waals surface area contributed by atoms with E-state index in [0.717, 1.165) is 52.3 Å². The number of rotatable bonds is 5. The summed E-state index contributed by atoms with van der Waals surface area (Å²) in [5.41, 5.74) is 4.42. The molecule has 1 aliphatic carbocycles. The highest BCUT2D eigenvalue weighted by Gasteiger charge is 2.30.